The summed E-state index contributed by atoms with van der Waals surface area (Å²) in [7, 11) is 0. The van der Waals surface area contributed by atoms with E-state index in [9.17, 15) is 5.11 Å². The van der Waals surface area contributed by atoms with Crippen LogP contribution in [0.1, 0.15) is 31.2 Å². The molecule has 1 aliphatic carbocycles. The van der Waals surface area contributed by atoms with Crippen molar-refractivity contribution in [2.75, 3.05) is 17.3 Å². The summed E-state index contributed by atoms with van der Waals surface area (Å²) in [5.74, 6) is 7.14. The molecule has 6 heteroatoms. The van der Waals surface area contributed by atoms with E-state index in [1.165, 1.54) is 0 Å². The lowest BCUT2D eigenvalue weighted by Gasteiger charge is -2.25. The van der Waals surface area contributed by atoms with Crippen molar-refractivity contribution < 1.29 is 5.11 Å². The van der Waals surface area contributed by atoms with Gasteiger partial charge < -0.3 is 10.4 Å². The van der Waals surface area contributed by atoms with Gasteiger partial charge in [0.05, 0.1) is 6.10 Å². The van der Waals surface area contributed by atoms with Crippen molar-refractivity contribution in [2.24, 2.45) is 11.8 Å². The lowest BCUT2D eigenvalue weighted by Crippen LogP contribution is -2.24. The van der Waals surface area contributed by atoms with Gasteiger partial charge in [0.1, 0.15) is 5.82 Å². The second kappa shape index (κ2) is 5.97. The first-order valence-corrected chi connectivity index (χ1v) is 6.41. The Kier molecular flexibility index (Phi) is 4.33. The molecule has 0 aliphatic heterocycles. The average molecular weight is 251 g/mol. The van der Waals surface area contributed by atoms with Gasteiger partial charge in [-0.3, -0.25) is 5.43 Å². The van der Waals surface area contributed by atoms with Crippen molar-refractivity contribution in [3.63, 3.8) is 0 Å². The summed E-state index contributed by atoms with van der Waals surface area (Å²) in [6.45, 7) is 2.85. The van der Waals surface area contributed by atoms with Gasteiger partial charge in [-0.1, -0.05) is 0 Å². The predicted molar refractivity (Wildman–Crippen MR) is 71.0 cm³/mol. The normalized spacial score (nSPS) is 23.7. The average Bonchev–Trinajstić information content (AvgIpc) is 2.40. The molecule has 1 aliphatic rings. The first-order chi connectivity index (χ1) is 8.69. The Bertz CT molecular complexity index is 390. The Morgan fingerprint density at radius 1 is 1.39 bits per heavy atom. The van der Waals surface area contributed by atoms with E-state index in [1.54, 1.807) is 6.20 Å². The number of nitrogens with two attached hydrogens (primary N) is 1. The molecule has 0 unspecified atom stereocenters. The smallest absolute Gasteiger partial charge is 0.239 e. The first kappa shape index (κ1) is 13.0. The number of aliphatic hydroxyl groups excluding tert-OH is 1. The number of nitrogens with zero attached hydrogens (tertiary/aromatic N) is 2. The summed E-state index contributed by atoms with van der Waals surface area (Å²) in [5, 5.41) is 12.8. The van der Waals surface area contributed by atoms with E-state index in [-0.39, 0.29) is 6.10 Å². The highest BCUT2D eigenvalue weighted by Crippen LogP contribution is 2.24. The highest BCUT2D eigenvalue weighted by molar-refractivity contribution is 5.45. The molecule has 0 amide bonds. The fraction of sp³-hybridized carbons (Fsp3) is 0.667. The third kappa shape index (κ3) is 3.30. The van der Waals surface area contributed by atoms with Crippen LogP contribution < -0.4 is 16.6 Å². The number of hydrogen-bond acceptors (Lipinski definition) is 6. The van der Waals surface area contributed by atoms with Crippen LogP contribution in [0.2, 0.25) is 0 Å². The third-order valence-electron chi connectivity index (χ3n) is 3.48. The quantitative estimate of drug-likeness (QED) is 0.471. The Hall–Kier alpha value is -1.40. The minimum absolute atomic E-state index is 0.102. The van der Waals surface area contributed by atoms with Crippen LogP contribution in [0.25, 0.3) is 0 Å². The molecule has 2 rings (SSSR count). The first-order valence-electron chi connectivity index (χ1n) is 6.41. The largest absolute Gasteiger partial charge is 0.393 e. The zero-order chi connectivity index (χ0) is 13.0. The number of nitrogens with one attached hydrogen (secondary N) is 2. The molecule has 18 heavy (non-hydrogen) atoms. The molecule has 0 spiro atoms. The lowest BCUT2D eigenvalue weighted by atomic mass is 9.87. The van der Waals surface area contributed by atoms with E-state index in [2.05, 4.69) is 20.7 Å². The molecule has 6 nitrogen and oxygen atoms in total. The van der Waals surface area contributed by atoms with Crippen LogP contribution in [0.5, 0.6) is 0 Å². The Labute approximate surface area is 107 Å². The summed E-state index contributed by atoms with van der Waals surface area (Å²) >= 11 is 0. The minimum atomic E-state index is -0.102. The van der Waals surface area contributed by atoms with Crippen LogP contribution in [0.4, 0.5) is 11.8 Å². The number of hydrogen-bond donors (Lipinski definition) is 4. The molecule has 1 aromatic rings. The predicted octanol–water partition coefficient (Wildman–Crippen LogP) is 1.03. The Morgan fingerprint density at radius 2 is 2.11 bits per heavy atom. The van der Waals surface area contributed by atoms with Crippen molar-refractivity contribution in [1.29, 1.82) is 0 Å². The van der Waals surface area contributed by atoms with E-state index in [1.807, 2.05) is 6.92 Å². The van der Waals surface area contributed by atoms with E-state index >= 15 is 0 Å². The number of anilines is 2. The van der Waals surface area contributed by atoms with E-state index in [0.29, 0.717) is 11.9 Å². The molecule has 0 saturated heterocycles. The summed E-state index contributed by atoms with van der Waals surface area (Å²) in [4.78, 5) is 8.32. The Morgan fingerprint density at radius 3 is 2.78 bits per heavy atom. The molecule has 1 saturated carbocycles. The maximum atomic E-state index is 9.46. The second-order valence-corrected chi connectivity index (χ2v) is 4.93. The number of aromatic nitrogens is 2. The van der Waals surface area contributed by atoms with Gasteiger partial charge >= 0.3 is 0 Å². The summed E-state index contributed by atoms with van der Waals surface area (Å²) in [6.07, 6.45) is 5.60. The molecule has 5 N–H and O–H groups in total. The number of nitrogen functional groups attached to an aromatic ring is 1. The van der Waals surface area contributed by atoms with E-state index < -0.39 is 0 Å². The van der Waals surface area contributed by atoms with Crippen molar-refractivity contribution in [2.45, 2.75) is 38.7 Å². The molecular weight excluding hydrogens is 230 g/mol. The standard InChI is InChI=1S/C12H21N5O/c1-8-6-15-12(17-13)16-11(8)14-7-9-2-4-10(18)5-3-9/h6,9-10,18H,2-5,7,13H2,1H3,(H2,14,15,16,17). The number of rotatable bonds is 4. The van der Waals surface area contributed by atoms with Gasteiger partial charge in [-0.15, -0.1) is 0 Å². The molecule has 1 aromatic heterocycles. The van der Waals surface area contributed by atoms with Crippen molar-refractivity contribution in [1.82, 2.24) is 9.97 Å². The highest BCUT2D eigenvalue weighted by atomic mass is 16.3. The van der Waals surface area contributed by atoms with Gasteiger partial charge in [-0.25, -0.2) is 10.8 Å². The highest BCUT2D eigenvalue weighted by Gasteiger charge is 2.19. The van der Waals surface area contributed by atoms with Crippen LogP contribution in [-0.4, -0.2) is 27.7 Å². The van der Waals surface area contributed by atoms with Crippen molar-refractivity contribution >= 4 is 11.8 Å². The lowest BCUT2D eigenvalue weighted by molar-refractivity contribution is 0.111. The van der Waals surface area contributed by atoms with Gasteiger partial charge in [0.15, 0.2) is 0 Å². The van der Waals surface area contributed by atoms with Crippen LogP contribution in [0.3, 0.4) is 0 Å². The van der Waals surface area contributed by atoms with Gasteiger partial charge in [-0.05, 0) is 38.5 Å². The molecule has 0 radical (unpaired) electrons. The van der Waals surface area contributed by atoms with Crippen LogP contribution in [0, 0.1) is 12.8 Å². The van der Waals surface area contributed by atoms with Crippen LogP contribution >= 0.6 is 0 Å². The van der Waals surface area contributed by atoms with E-state index in [4.69, 9.17) is 5.84 Å². The second-order valence-electron chi connectivity index (χ2n) is 4.93. The van der Waals surface area contributed by atoms with Gasteiger partial charge in [0.2, 0.25) is 5.95 Å². The van der Waals surface area contributed by atoms with E-state index in [0.717, 1.165) is 43.6 Å². The minimum Gasteiger partial charge on any atom is -0.393 e. The topological polar surface area (TPSA) is 96.1 Å². The molecule has 0 atom stereocenters. The molecular formula is C12H21N5O. The van der Waals surface area contributed by atoms with Gasteiger partial charge in [0, 0.05) is 18.3 Å². The fourth-order valence-corrected chi connectivity index (χ4v) is 2.28. The van der Waals surface area contributed by atoms with Crippen molar-refractivity contribution in [3.8, 4) is 0 Å². The summed E-state index contributed by atoms with van der Waals surface area (Å²) in [5.41, 5.74) is 3.45. The van der Waals surface area contributed by atoms with Crippen LogP contribution in [0.15, 0.2) is 6.20 Å². The molecule has 1 heterocycles. The molecule has 1 fully saturated rings. The monoisotopic (exact) mass is 251 g/mol. The molecule has 0 bridgehead atoms. The zero-order valence-corrected chi connectivity index (χ0v) is 10.7. The third-order valence-corrected chi connectivity index (χ3v) is 3.48. The number of aryl methyl sites for hydroxylation is 1. The van der Waals surface area contributed by atoms with Crippen molar-refractivity contribution in [3.05, 3.63) is 11.8 Å². The maximum absolute atomic E-state index is 9.46. The molecule has 100 valence electrons. The zero-order valence-electron chi connectivity index (χ0n) is 10.7. The van der Waals surface area contributed by atoms with Crippen LogP contribution in [-0.2, 0) is 0 Å². The summed E-state index contributed by atoms with van der Waals surface area (Å²) < 4.78 is 0. The number of aliphatic hydroxyl groups is 1. The maximum Gasteiger partial charge on any atom is 0.239 e. The number of hydrazine groups is 1. The Balaban J connectivity index is 1.89. The van der Waals surface area contributed by atoms with Gasteiger partial charge in [0.25, 0.3) is 0 Å². The SMILES string of the molecule is Cc1cnc(NN)nc1NCC1CCC(O)CC1. The van der Waals surface area contributed by atoms with Gasteiger partial charge in [-0.2, -0.15) is 4.98 Å². The molecule has 0 aromatic carbocycles. The fourth-order valence-electron chi connectivity index (χ4n) is 2.28. The summed E-state index contributed by atoms with van der Waals surface area (Å²) in [6, 6.07) is 0.